The highest BCUT2D eigenvalue weighted by molar-refractivity contribution is 5.20. The van der Waals surface area contributed by atoms with Crippen LogP contribution in [0.1, 0.15) is 11.7 Å². The summed E-state index contributed by atoms with van der Waals surface area (Å²) in [6.45, 7) is -0.888. The molecule has 100 valence electrons. The van der Waals surface area contributed by atoms with Crippen LogP contribution in [0.25, 0.3) is 0 Å². The second-order valence-corrected chi connectivity index (χ2v) is 4.38. The standard InChI is InChI=1S/C12H16O6/c13-6-12(17)11(16)9(15)8(14)10(18-12)7-4-2-1-3-5-7/h1-5,8-11,13-17H,6H2/t8-,9-,10+,11-,12-/m1/s1. The van der Waals surface area contributed by atoms with Crippen molar-refractivity contribution in [3.63, 3.8) is 0 Å². The molecular formula is C12H16O6. The molecule has 1 aromatic carbocycles. The van der Waals surface area contributed by atoms with E-state index in [4.69, 9.17) is 9.84 Å². The zero-order valence-corrected chi connectivity index (χ0v) is 9.55. The van der Waals surface area contributed by atoms with Crippen LogP contribution in [0.2, 0.25) is 0 Å². The monoisotopic (exact) mass is 256 g/mol. The van der Waals surface area contributed by atoms with Gasteiger partial charge in [-0.1, -0.05) is 30.3 Å². The molecule has 0 radical (unpaired) electrons. The van der Waals surface area contributed by atoms with Crippen LogP contribution in [0.5, 0.6) is 0 Å². The van der Waals surface area contributed by atoms with Crippen LogP contribution in [-0.4, -0.2) is 56.2 Å². The Morgan fingerprint density at radius 1 is 1.06 bits per heavy atom. The molecule has 1 aliphatic heterocycles. The first-order valence-corrected chi connectivity index (χ1v) is 5.60. The fourth-order valence-corrected chi connectivity index (χ4v) is 2.03. The third kappa shape index (κ3) is 2.14. The summed E-state index contributed by atoms with van der Waals surface area (Å²) >= 11 is 0. The number of aliphatic hydroxyl groups excluding tert-OH is 4. The minimum atomic E-state index is -2.29. The summed E-state index contributed by atoms with van der Waals surface area (Å²) in [4.78, 5) is 0. The smallest absolute Gasteiger partial charge is 0.219 e. The molecule has 1 fully saturated rings. The van der Waals surface area contributed by atoms with Crippen molar-refractivity contribution >= 4 is 0 Å². The normalized spacial score (nSPS) is 40.7. The molecule has 0 unspecified atom stereocenters. The SMILES string of the molecule is OC[C@@]1(O)O[C@@H](c2ccccc2)[C@H](O)[C@@H](O)[C@H]1O. The molecule has 0 amide bonds. The fourth-order valence-electron chi connectivity index (χ4n) is 2.03. The van der Waals surface area contributed by atoms with Crippen molar-refractivity contribution in [1.82, 2.24) is 0 Å². The van der Waals surface area contributed by atoms with Gasteiger partial charge in [0.25, 0.3) is 0 Å². The summed E-state index contributed by atoms with van der Waals surface area (Å²) in [7, 11) is 0. The van der Waals surface area contributed by atoms with Gasteiger partial charge < -0.3 is 30.3 Å². The van der Waals surface area contributed by atoms with E-state index in [0.29, 0.717) is 5.56 Å². The van der Waals surface area contributed by atoms with Gasteiger partial charge in [-0.25, -0.2) is 0 Å². The van der Waals surface area contributed by atoms with E-state index in [0.717, 1.165) is 0 Å². The predicted octanol–water partition coefficient (Wildman–Crippen LogP) is -1.48. The summed E-state index contributed by atoms with van der Waals surface area (Å²) in [6, 6.07) is 8.48. The van der Waals surface area contributed by atoms with Gasteiger partial charge in [0.05, 0.1) is 6.61 Å². The van der Waals surface area contributed by atoms with Gasteiger partial charge in [-0.05, 0) is 5.56 Å². The van der Waals surface area contributed by atoms with E-state index in [1.165, 1.54) is 0 Å². The van der Waals surface area contributed by atoms with Crippen LogP contribution in [0.15, 0.2) is 30.3 Å². The summed E-state index contributed by atoms with van der Waals surface area (Å²) in [5.41, 5.74) is 0.530. The molecule has 1 heterocycles. The summed E-state index contributed by atoms with van der Waals surface area (Å²) in [6.07, 6.45) is -5.81. The number of rotatable bonds is 2. The van der Waals surface area contributed by atoms with Gasteiger partial charge in [-0.3, -0.25) is 0 Å². The zero-order chi connectivity index (χ0) is 13.3. The Labute approximate surface area is 104 Å². The summed E-state index contributed by atoms with van der Waals surface area (Å²) in [5.74, 6) is -2.29. The molecule has 5 atom stereocenters. The van der Waals surface area contributed by atoms with Gasteiger partial charge in [-0.15, -0.1) is 0 Å². The molecule has 0 saturated carbocycles. The lowest BCUT2D eigenvalue weighted by atomic mass is 9.89. The van der Waals surface area contributed by atoms with E-state index in [1.54, 1.807) is 30.3 Å². The van der Waals surface area contributed by atoms with Gasteiger partial charge in [0.15, 0.2) is 0 Å². The third-order valence-electron chi connectivity index (χ3n) is 3.13. The third-order valence-corrected chi connectivity index (χ3v) is 3.13. The van der Waals surface area contributed by atoms with E-state index < -0.39 is 36.8 Å². The molecule has 6 nitrogen and oxygen atoms in total. The molecule has 2 rings (SSSR count). The minimum absolute atomic E-state index is 0.530. The van der Waals surface area contributed by atoms with Crippen molar-refractivity contribution in [3.8, 4) is 0 Å². The molecule has 1 aromatic rings. The van der Waals surface area contributed by atoms with Gasteiger partial charge in [0, 0.05) is 0 Å². The van der Waals surface area contributed by atoms with E-state index >= 15 is 0 Å². The zero-order valence-electron chi connectivity index (χ0n) is 9.55. The summed E-state index contributed by atoms with van der Waals surface area (Å²) < 4.78 is 5.15. The van der Waals surface area contributed by atoms with E-state index in [9.17, 15) is 20.4 Å². The quantitative estimate of drug-likeness (QED) is 0.441. The number of ether oxygens (including phenoxy) is 1. The lowest BCUT2D eigenvalue weighted by molar-refractivity contribution is -0.357. The molecule has 0 spiro atoms. The van der Waals surface area contributed by atoms with Crippen molar-refractivity contribution in [2.45, 2.75) is 30.2 Å². The van der Waals surface area contributed by atoms with Crippen LogP contribution in [0.3, 0.4) is 0 Å². The highest BCUT2D eigenvalue weighted by atomic mass is 16.7. The maximum Gasteiger partial charge on any atom is 0.219 e. The van der Waals surface area contributed by atoms with E-state index in [-0.39, 0.29) is 0 Å². The minimum Gasteiger partial charge on any atom is -0.391 e. The topological polar surface area (TPSA) is 110 Å². The average molecular weight is 256 g/mol. The van der Waals surface area contributed by atoms with E-state index in [1.807, 2.05) is 0 Å². The van der Waals surface area contributed by atoms with Crippen LogP contribution in [-0.2, 0) is 4.74 Å². The first kappa shape index (κ1) is 13.4. The van der Waals surface area contributed by atoms with Crippen LogP contribution in [0, 0.1) is 0 Å². The molecular weight excluding hydrogens is 240 g/mol. The van der Waals surface area contributed by atoms with Crippen LogP contribution in [0.4, 0.5) is 0 Å². The number of benzene rings is 1. The summed E-state index contributed by atoms with van der Waals surface area (Å²) in [5, 5.41) is 48.1. The van der Waals surface area contributed by atoms with Gasteiger partial charge >= 0.3 is 0 Å². The molecule has 0 aliphatic carbocycles. The van der Waals surface area contributed by atoms with Crippen molar-refractivity contribution in [2.75, 3.05) is 6.61 Å². The van der Waals surface area contributed by atoms with E-state index in [2.05, 4.69) is 0 Å². The Morgan fingerprint density at radius 2 is 1.67 bits per heavy atom. The van der Waals surface area contributed by atoms with Crippen molar-refractivity contribution in [1.29, 1.82) is 0 Å². The lowest BCUT2D eigenvalue weighted by Crippen LogP contribution is -2.63. The first-order chi connectivity index (χ1) is 8.49. The van der Waals surface area contributed by atoms with Crippen LogP contribution >= 0.6 is 0 Å². The average Bonchev–Trinajstić information content (AvgIpc) is 2.41. The molecule has 0 aromatic heterocycles. The Hall–Kier alpha value is -1.02. The van der Waals surface area contributed by atoms with Gasteiger partial charge in [-0.2, -0.15) is 0 Å². The molecule has 18 heavy (non-hydrogen) atoms. The second-order valence-electron chi connectivity index (χ2n) is 4.38. The molecule has 0 bridgehead atoms. The molecule has 1 aliphatic rings. The molecule has 5 N–H and O–H groups in total. The maximum absolute atomic E-state index is 9.88. The number of hydrogen-bond donors (Lipinski definition) is 5. The van der Waals surface area contributed by atoms with Gasteiger partial charge in [0.1, 0.15) is 24.4 Å². The lowest BCUT2D eigenvalue weighted by Gasteiger charge is -2.45. The van der Waals surface area contributed by atoms with Crippen molar-refractivity contribution in [3.05, 3.63) is 35.9 Å². The first-order valence-electron chi connectivity index (χ1n) is 5.60. The molecule has 6 heteroatoms. The van der Waals surface area contributed by atoms with Crippen molar-refractivity contribution < 1.29 is 30.3 Å². The second kappa shape index (κ2) is 4.93. The Balaban J connectivity index is 2.32. The van der Waals surface area contributed by atoms with Gasteiger partial charge in [0.2, 0.25) is 5.79 Å². The Morgan fingerprint density at radius 3 is 2.22 bits per heavy atom. The largest absolute Gasteiger partial charge is 0.391 e. The Kier molecular flexibility index (Phi) is 3.67. The highest BCUT2D eigenvalue weighted by Gasteiger charge is 2.52. The maximum atomic E-state index is 9.88. The number of hydrogen-bond acceptors (Lipinski definition) is 6. The number of aliphatic hydroxyl groups is 5. The van der Waals surface area contributed by atoms with Crippen molar-refractivity contribution in [2.24, 2.45) is 0 Å². The predicted molar refractivity (Wildman–Crippen MR) is 60.3 cm³/mol. The highest BCUT2D eigenvalue weighted by Crippen LogP contribution is 2.36. The fraction of sp³-hybridized carbons (Fsp3) is 0.500. The van der Waals surface area contributed by atoms with Crippen LogP contribution < -0.4 is 0 Å². The molecule has 1 saturated heterocycles. The Bertz CT molecular complexity index is 397.